The summed E-state index contributed by atoms with van der Waals surface area (Å²) in [5, 5.41) is 14.1. The largest absolute Gasteiger partial charge is 0.389 e. The van der Waals surface area contributed by atoms with E-state index in [1.165, 1.54) is 0 Å². The van der Waals surface area contributed by atoms with Crippen molar-refractivity contribution in [3.63, 3.8) is 0 Å². The number of benzene rings is 1. The van der Waals surface area contributed by atoms with Crippen LogP contribution in [0.5, 0.6) is 0 Å². The van der Waals surface area contributed by atoms with Gasteiger partial charge in [-0.2, -0.15) is 0 Å². The molecule has 0 bridgehead atoms. The lowest BCUT2D eigenvalue weighted by molar-refractivity contribution is -0.127. The van der Waals surface area contributed by atoms with Crippen LogP contribution in [0.25, 0.3) is 0 Å². The molecule has 2 aliphatic carbocycles. The maximum Gasteiger partial charge on any atom is 0.223 e. The van der Waals surface area contributed by atoms with E-state index in [4.69, 9.17) is 11.6 Å². The van der Waals surface area contributed by atoms with E-state index in [0.717, 1.165) is 44.1 Å². The van der Waals surface area contributed by atoms with Crippen molar-refractivity contribution >= 4 is 17.5 Å². The normalized spacial score (nSPS) is 22.5. The summed E-state index contributed by atoms with van der Waals surface area (Å²) in [6, 6.07) is 7.65. The monoisotopic (exact) mass is 293 g/mol. The first kappa shape index (κ1) is 13.9. The van der Waals surface area contributed by atoms with Gasteiger partial charge >= 0.3 is 0 Å². The van der Waals surface area contributed by atoms with Crippen molar-refractivity contribution in [2.75, 3.05) is 0 Å². The molecule has 2 fully saturated rings. The quantitative estimate of drug-likeness (QED) is 0.896. The zero-order valence-electron chi connectivity index (χ0n) is 11.5. The molecule has 0 radical (unpaired) electrons. The molecule has 0 unspecified atom stereocenters. The number of carbonyl (C=O) groups excluding carboxylic acids is 1. The molecule has 0 aromatic heterocycles. The lowest BCUT2D eigenvalue weighted by atomic mass is 9.96. The second-order valence-corrected chi connectivity index (χ2v) is 6.68. The van der Waals surface area contributed by atoms with Crippen molar-refractivity contribution in [3.8, 4) is 0 Å². The van der Waals surface area contributed by atoms with E-state index in [2.05, 4.69) is 5.32 Å². The van der Waals surface area contributed by atoms with E-state index < -0.39 is 5.60 Å². The van der Waals surface area contributed by atoms with Crippen LogP contribution >= 0.6 is 11.6 Å². The van der Waals surface area contributed by atoms with Gasteiger partial charge in [-0.15, -0.1) is 0 Å². The van der Waals surface area contributed by atoms with E-state index in [-0.39, 0.29) is 17.9 Å². The molecule has 4 heteroatoms. The highest BCUT2D eigenvalue weighted by Gasteiger charge is 2.46. The smallest absolute Gasteiger partial charge is 0.223 e. The predicted octanol–water partition coefficient (Wildman–Crippen LogP) is 3.14. The Bertz CT molecular complexity index is 502. The number of nitrogens with one attached hydrogen (secondary N) is 1. The summed E-state index contributed by atoms with van der Waals surface area (Å²) in [5.74, 6) is -0.0400. The molecule has 0 aliphatic heterocycles. The van der Waals surface area contributed by atoms with Crippen LogP contribution in [0.2, 0.25) is 5.02 Å². The van der Waals surface area contributed by atoms with Crippen LogP contribution in [0.1, 0.15) is 50.5 Å². The zero-order chi connectivity index (χ0) is 14.2. The molecule has 1 amide bonds. The molecule has 1 aromatic carbocycles. The van der Waals surface area contributed by atoms with Crippen LogP contribution in [0.3, 0.4) is 0 Å². The van der Waals surface area contributed by atoms with Crippen molar-refractivity contribution in [1.82, 2.24) is 5.32 Å². The topological polar surface area (TPSA) is 49.3 Å². The van der Waals surface area contributed by atoms with Crippen molar-refractivity contribution in [1.29, 1.82) is 0 Å². The fourth-order valence-corrected chi connectivity index (χ4v) is 3.33. The number of halogens is 1. The minimum absolute atomic E-state index is 0.0400. The second-order valence-electron chi connectivity index (χ2n) is 6.25. The average Bonchev–Trinajstić information content (AvgIpc) is 3.04. The number of rotatable bonds is 4. The third kappa shape index (κ3) is 2.84. The van der Waals surface area contributed by atoms with Gasteiger partial charge in [0.2, 0.25) is 5.91 Å². The van der Waals surface area contributed by atoms with E-state index >= 15 is 0 Å². The highest BCUT2D eigenvalue weighted by Crippen LogP contribution is 2.46. The molecule has 2 N–H and O–H groups in total. The number of aliphatic hydroxyl groups is 1. The molecule has 3 nitrogen and oxygen atoms in total. The lowest BCUT2D eigenvalue weighted by Gasteiger charge is -2.24. The molecule has 0 saturated heterocycles. The van der Waals surface area contributed by atoms with Crippen molar-refractivity contribution in [2.24, 2.45) is 0 Å². The first-order valence-corrected chi connectivity index (χ1v) is 7.69. The fraction of sp³-hybridized carbons (Fsp3) is 0.562. The van der Waals surface area contributed by atoms with Crippen molar-refractivity contribution < 1.29 is 9.90 Å². The number of carbonyl (C=O) groups is 1. The number of amides is 1. The first-order valence-electron chi connectivity index (χ1n) is 7.31. The summed E-state index contributed by atoms with van der Waals surface area (Å²) in [5.41, 5.74) is 0.102. The standard InChI is InChI=1S/C16H20ClNO2/c17-13-5-3-12(4-6-13)16(9-10-16)18-14(19)11-15(20)7-1-2-8-15/h3-6,20H,1-2,7-11H2,(H,18,19). The molecular weight excluding hydrogens is 274 g/mol. The minimum Gasteiger partial charge on any atom is -0.389 e. The molecule has 20 heavy (non-hydrogen) atoms. The van der Waals surface area contributed by atoms with Crippen LogP contribution in [0.4, 0.5) is 0 Å². The Balaban J connectivity index is 1.65. The Morgan fingerprint density at radius 3 is 2.30 bits per heavy atom. The number of hydrogen-bond donors (Lipinski definition) is 2. The SMILES string of the molecule is O=C(CC1(O)CCCC1)NC1(c2ccc(Cl)cc2)CC1. The fourth-order valence-electron chi connectivity index (χ4n) is 3.20. The molecule has 2 saturated carbocycles. The maximum absolute atomic E-state index is 12.2. The Labute approximate surface area is 124 Å². The van der Waals surface area contributed by atoms with E-state index in [9.17, 15) is 9.90 Å². The first-order chi connectivity index (χ1) is 9.51. The van der Waals surface area contributed by atoms with Crippen LogP contribution in [-0.2, 0) is 10.3 Å². The van der Waals surface area contributed by atoms with Gasteiger partial charge in [0, 0.05) is 5.02 Å². The van der Waals surface area contributed by atoms with Crippen LogP contribution < -0.4 is 5.32 Å². The summed E-state index contributed by atoms with van der Waals surface area (Å²) in [4.78, 5) is 12.2. The maximum atomic E-state index is 12.2. The highest BCUT2D eigenvalue weighted by atomic mass is 35.5. The average molecular weight is 294 g/mol. The van der Waals surface area contributed by atoms with Gasteiger partial charge in [-0.3, -0.25) is 4.79 Å². The van der Waals surface area contributed by atoms with Crippen LogP contribution in [0, 0.1) is 0 Å². The zero-order valence-corrected chi connectivity index (χ0v) is 12.2. The van der Waals surface area contributed by atoms with Gasteiger partial charge in [-0.1, -0.05) is 36.6 Å². The Morgan fingerprint density at radius 1 is 1.15 bits per heavy atom. The highest BCUT2D eigenvalue weighted by molar-refractivity contribution is 6.30. The molecule has 0 spiro atoms. The molecule has 2 aliphatic rings. The molecule has 0 atom stereocenters. The third-order valence-electron chi connectivity index (χ3n) is 4.55. The van der Waals surface area contributed by atoms with E-state index in [0.29, 0.717) is 5.02 Å². The summed E-state index contributed by atoms with van der Waals surface area (Å²) in [6.45, 7) is 0. The van der Waals surface area contributed by atoms with Gasteiger partial charge in [0.25, 0.3) is 0 Å². The van der Waals surface area contributed by atoms with Gasteiger partial charge < -0.3 is 10.4 Å². The van der Waals surface area contributed by atoms with Gasteiger partial charge in [-0.05, 0) is 43.4 Å². The summed E-state index contributed by atoms with van der Waals surface area (Å²) in [6.07, 6.45) is 5.67. The van der Waals surface area contributed by atoms with Crippen molar-refractivity contribution in [3.05, 3.63) is 34.9 Å². The summed E-state index contributed by atoms with van der Waals surface area (Å²) in [7, 11) is 0. The van der Waals surface area contributed by atoms with Crippen LogP contribution in [-0.4, -0.2) is 16.6 Å². The molecule has 1 aromatic rings. The molecule has 3 rings (SSSR count). The third-order valence-corrected chi connectivity index (χ3v) is 4.80. The van der Waals surface area contributed by atoms with Gasteiger partial charge in [-0.25, -0.2) is 0 Å². The Hall–Kier alpha value is -1.06. The predicted molar refractivity (Wildman–Crippen MR) is 78.5 cm³/mol. The Kier molecular flexibility index (Phi) is 3.51. The van der Waals surface area contributed by atoms with Gasteiger partial charge in [0.05, 0.1) is 17.6 Å². The number of hydrogen-bond acceptors (Lipinski definition) is 2. The second kappa shape index (κ2) is 5.05. The van der Waals surface area contributed by atoms with Gasteiger partial charge in [0.1, 0.15) is 0 Å². The molecular formula is C16H20ClNO2. The Morgan fingerprint density at radius 2 is 1.75 bits per heavy atom. The summed E-state index contributed by atoms with van der Waals surface area (Å²) < 4.78 is 0. The van der Waals surface area contributed by atoms with Crippen molar-refractivity contribution in [2.45, 2.75) is 56.1 Å². The van der Waals surface area contributed by atoms with Gasteiger partial charge in [0.15, 0.2) is 0 Å². The molecule has 0 heterocycles. The lowest BCUT2D eigenvalue weighted by Crippen LogP contribution is -2.40. The summed E-state index contributed by atoms with van der Waals surface area (Å²) >= 11 is 5.90. The molecule has 108 valence electrons. The van der Waals surface area contributed by atoms with E-state index in [1.54, 1.807) is 0 Å². The van der Waals surface area contributed by atoms with Crippen LogP contribution in [0.15, 0.2) is 24.3 Å². The van der Waals surface area contributed by atoms with E-state index in [1.807, 2.05) is 24.3 Å². The minimum atomic E-state index is -0.778.